The first-order chi connectivity index (χ1) is 12.2. The number of hydrogen-bond acceptors (Lipinski definition) is 5. The van der Waals surface area contributed by atoms with Gasteiger partial charge in [0.1, 0.15) is 5.82 Å². The van der Waals surface area contributed by atoms with Crippen LogP contribution < -0.4 is 5.32 Å². The van der Waals surface area contributed by atoms with E-state index in [1.165, 1.54) is 0 Å². The van der Waals surface area contributed by atoms with Crippen LogP contribution in [-0.2, 0) is 4.79 Å². The number of alkyl halides is 1. The first-order valence-corrected chi connectivity index (χ1v) is 9.04. The van der Waals surface area contributed by atoms with Gasteiger partial charge in [-0.2, -0.15) is 0 Å². The van der Waals surface area contributed by atoms with Crippen molar-refractivity contribution in [2.75, 3.05) is 18.4 Å². The number of nitrogens with one attached hydrogen (secondary N) is 1. The number of rotatable bonds is 4. The lowest BCUT2D eigenvalue weighted by Gasteiger charge is -2.17. The molecule has 0 saturated carbocycles. The number of pyridine rings is 1. The molecule has 1 aliphatic heterocycles. The molecule has 0 spiro atoms. The molecule has 25 heavy (non-hydrogen) atoms. The zero-order chi connectivity index (χ0) is 17.2. The highest BCUT2D eigenvalue weighted by atomic mass is 32.1. The van der Waals surface area contributed by atoms with E-state index < -0.39 is 6.30 Å². The Labute approximate surface area is 148 Å². The summed E-state index contributed by atoms with van der Waals surface area (Å²) in [6.07, 6.45) is 3.84. The number of hydrogen-bond donors (Lipinski definition) is 1. The van der Waals surface area contributed by atoms with Crippen molar-refractivity contribution >= 4 is 33.8 Å². The molecule has 0 aliphatic carbocycles. The average molecular weight is 356 g/mol. The van der Waals surface area contributed by atoms with Crippen LogP contribution in [0.15, 0.2) is 42.2 Å². The van der Waals surface area contributed by atoms with Gasteiger partial charge in [-0.15, -0.1) is 11.3 Å². The third kappa shape index (κ3) is 3.52. The van der Waals surface area contributed by atoms with Crippen molar-refractivity contribution in [3.63, 3.8) is 0 Å². The van der Waals surface area contributed by atoms with E-state index in [1.807, 2.05) is 24.4 Å². The number of aromatic nitrogens is 2. The predicted octanol–water partition coefficient (Wildman–Crippen LogP) is 3.69. The minimum absolute atomic E-state index is 0.0573. The fourth-order valence-corrected chi connectivity index (χ4v) is 3.67. The van der Waals surface area contributed by atoms with E-state index in [9.17, 15) is 9.18 Å². The normalized spacial score (nSPS) is 17.9. The van der Waals surface area contributed by atoms with Crippen molar-refractivity contribution in [1.82, 2.24) is 14.9 Å². The monoisotopic (exact) mass is 356 g/mol. The van der Waals surface area contributed by atoms with E-state index in [2.05, 4.69) is 21.4 Å². The molecule has 1 saturated heterocycles. The number of halogens is 1. The van der Waals surface area contributed by atoms with E-state index in [0.717, 1.165) is 27.6 Å². The standard InChI is InChI=1S/C18H17FN4OS/c19-16-2-1-5-23(16)10-18(24)22-17-7-14-6-12(15-9-20-11-25-15)3-4-13(14)8-21-17/h3-4,6-9,11,16H,1-2,5,10H2,(H,21,22,24)/t16-/m0/s1. The zero-order valence-electron chi connectivity index (χ0n) is 13.5. The summed E-state index contributed by atoms with van der Waals surface area (Å²) in [6.45, 7) is 0.680. The molecule has 0 unspecified atom stereocenters. The van der Waals surface area contributed by atoms with Gasteiger partial charge in [-0.1, -0.05) is 12.1 Å². The number of carbonyl (C=O) groups excluding carboxylic acids is 1. The predicted molar refractivity (Wildman–Crippen MR) is 97.2 cm³/mol. The molecule has 2 aromatic heterocycles. The van der Waals surface area contributed by atoms with Gasteiger partial charge in [0, 0.05) is 24.3 Å². The molecule has 1 atom stereocenters. The van der Waals surface area contributed by atoms with Crippen LogP contribution in [-0.4, -0.2) is 40.2 Å². The lowest BCUT2D eigenvalue weighted by Crippen LogP contribution is -2.34. The summed E-state index contributed by atoms with van der Waals surface area (Å²) in [5.74, 6) is 0.239. The number of carbonyl (C=O) groups is 1. The second-order valence-electron chi connectivity index (χ2n) is 6.09. The Morgan fingerprint density at radius 3 is 3.00 bits per heavy atom. The van der Waals surface area contributed by atoms with Gasteiger partial charge >= 0.3 is 0 Å². The summed E-state index contributed by atoms with van der Waals surface area (Å²) in [5, 5.41) is 4.75. The number of thiazole rings is 1. The fraction of sp³-hybridized carbons (Fsp3) is 0.278. The van der Waals surface area contributed by atoms with Gasteiger partial charge in [0.05, 0.1) is 16.9 Å². The Morgan fingerprint density at radius 1 is 1.32 bits per heavy atom. The Balaban J connectivity index is 1.52. The van der Waals surface area contributed by atoms with E-state index in [-0.39, 0.29) is 12.5 Å². The van der Waals surface area contributed by atoms with Crippen LogP contribution >= 0.6 is 11.3 Å². The van der Waals surface area contributed by atoms with Gasteiger partial charge in [0.2, 0.25) is 5.91 Å². The second kappa shape index (κ2) is 6.85. The van der Waals surface area contributed by atoms with Crippen LogP contribution in [0.1, 0.15) is 12.8 Å². The molecule has 1 N–H and O–H groups in total. The number of fused-ring (bicyclic) bond motifs is 1. The quantitative estimate of drug-likeness (QED) is 0.725. The molecule has 128 valence electrons. The van der Waals surface area contributed by atoms with Crippen LogP contribution in [0.25, 0.3) is 21.2 Å². The third-order valence-electron chi connectivity index (χ3n) is 4.34. The van der Waals surface area contributed by atoms with Gasteiger partial charge in [0.25, 0.3) is 0 Å². The van der Waals surface area contributed by atoms with Crippen LogP contribution in [0.2, 0.25) is 0 Å². The number of anilines is 1. The molecule has 1 amide bonds. The Bertz CT molecular complexity index is 899. The first kappa shape index (κ1) is 16.1. The smallest absolute Gasteiger partial charge is 0.239 e. The number of benzene rings is 1. The molecule has 0 radical (unpaired) electrons. The maximum Gasteiger partial charge on any atom is 0.239 e. The van der Waals surface area contributed by atoms with Crippen LogP contribution in [0.3, 0.4) is 0 Å². The minimum atomic E-state index is -1.02. The number of likely N-dealkylation sites (tertiary alicyclic amines) is 1. The lowest BCUT2D eigenvalue weighted by atomic mass is 10.1. The number of nitrogens with zero attached hydrogens (tertiary/aromatic N) is 3. The Hall–Kier alpha value is -2.38. The molecule has 1 aliphatic rings. The van der Waals surface area contributed by atoms with Gasteiger partial charge < -0.3 is 5.32 Å². The van der Waals surface area contributed by atoms with Gasteiger partial charge in [-0.05, 0) is 35.9 Å². The fourth-order valence-electron chi connectivity index (χ4n) is 3.05. The first-order valence-electron chi connectivity index (χ1n) is 8.16. The highest BCUT2D eigenvalue weighted by molar-refractivity contribution is 7.13. The molecule has 3 heterocycles. The summed E-state index contributed by atoms with van der Waals surface area (Å²) >= 11 is 1.58. The third-order valence-corrected chi connectivity index (χ3v) is 5.16. The lowest BCUT2D eigenvalue weighted by molar-refractivity contribution is -0.118. The zero-order valence-corrected chi connectivity index (χ0v) is 14.3. The average Bonchev–Trinajstić information content (AvgIpc) is 3.27. The van der Waals surface area contributed by atoms with E-state index >= 15 is 0 Å². The van der Waals surface area contributed by atoms with E-state index in [0.29, 0.717) is 18.8 Å². The molecule has 5 nitrogen and oxygen atoms in total. The van der Waals surface area contributed by atoms with Crippen LogP contribution in [0.5, 0.6) is 0 Å². The van der Waals surface area contributed by atoms with Gasteiger partial charge in [-0.3, -0.25) is 14.7 Å². The topological polar surface area (TPSA) is 58.1 Å². The minimum Gasteiger partial charge on any atom is -0.310 e. The Kier molecular flexibility index (Phi) is 4.42. The largest absolute Gasteiger partial charge is 0.310 e. The molecule has 0 bridgehead atoms. The summed E-state index contributed by atoms with van der Waals surface area (Å²) in [7, 11) is 0. The maximum atomic E-state index is 13.6. The van der Waals surface area contributed by atoms with Crippen molar-refractivity contribution in [1.29, 1.82) is 0 Å². The van der Waals surface area contributed by atoms with Gasteiger partial charge in [-0.25, -0.2) is 9.37 Å². The molecule has 4 rings (SSSR count). The van der Waals surface area contributed by atoms with E-state index in [4.69, 9.17) is 0 Å². The van der Waals surface area contributed by atoms with E-state index in [1.54, 1.807) is 27.9 Å². The van der Waals surface area contributed by atoms with Crippen molar-refractivity contribution < 1.29 is 9.18 Å². The van der Waals surface area contributed by atoms with Crippen molar-refractivity contribution in [2.45, 2.75) is 19.1 Å². The highest BCUT2D eigenvalue weighted by Gasteiger charge is 2.25. The Morgan fingerprint density at radius 2 is 2.24 bits per heavy atom. The summed E-state index contributed by atoms with van der Waals surface area (Å²) < 4.78 is 13.6. The van der Waals surface area contributed by atoms with Crippen molar-refractivity contribution in [3.8, 4) is 10.4 Å². The molecule has 1 aromatic carbocycles. The van der Waals surface area contributed by atoms with Gasteiger partial charge in [0.15, 0.2) is 6.30 Å². The molecular weight excluding hydrogens is 339 g/mol. The van der Waals surface area contributed by atoms with Crippen LogP contribution in [0, 0.1) is 0 Å². The SMILES string of the molecule is O=C(CN1CCC[C@H]1F)Nc1cc2cc(-c3cncs3)ccc2cn1. The highest BCUT2D eigenvalue weighted by Crippen LogP contribution is 2.27. The summed E-state index contributed by atoms with van der Waals surface area (Å²) in [4.78, 5) is 23.2. The molecule has 1 fully saturated rings. The number of amides is 1. The summed E-state index contributed by atoms with van der Waals surface area (Å²) in [5.41, 5.74) is 2.88. The van der Waals surface area contributed by atoms with Crippen LogP contribution in [0.4, 0.5) is 10.2 Å². The molecule has 7 heteroatoms. The summed E-state index contributed by atoms with van der Waals surface area (Å²) in [6, 6.07) is 7.93. The second-order valence-corrected chi connectivity index (χ2v) is 6.98. The van der Waals surface area contributed by atoms with Crippen molar-refractivity contribution in [3.05, 3.63) is 42.2 Å². The molecular formula is C18H17FN4OS. The molecule has 3 aromatic rings. The maximum absolute atomic E-state index is 13.6. The van der Waals surface area contributed by atoms with Crippen molar-refractivity contribution in [2.24, 2.45) is 0 Å².